The normalized spacial score (nSPS) is 16.6. The van der Waals surface area contributed by atoms with Gasteiger partial charge in [0.1, 0.15) is 5.84 Å². The molecular weight excluding hydrogens is 1730 g/mol. The van der Waals surface area contributed by atoms with Crippen LogP contribution in [0.2, 0.25) is 0 Å². The van der Waals surface area contributed by atoms with Crippen molar-refractivity contribution in [1.82, 2.24) is 58.8 Å². The van der Waals surface area contributed by atoms with Gasteiger partial charge in [-0.15, -0.1) is 0 Å². The monoisotopic (exact) mass is 1840 g/mol. The van der Waals surface area contributed by atoms with E-state index in [-0.39, 0.29) is 52.5 Å². The van der Waals surface area contributed by atoms with Crippen LogP contribution in [0.1, 0.15) is 146 Å². The van der Waals surface area contributed by atoms with Crippen molar-refractivity contribution in [2.24, 2.45) is 36.8 Å². The largest absolute Gasteiger partial charge is 0.416 e. The second kappa shape index (κ2) is 39.9. The number of aryl methyl sites for hydroxylation is 5. The number of amides is 6. The number of aromatic nitrogens is 5. The van der Waals surface area contributed by atoms with Gasteiger partial charge in [-0.05, 0) is 256 Å². The number of anilines is 5. The van der Waals surface area contributed by atoms with E-state index in [1.807, 2.05) is 105 Å². The summed E-state index contributed by atoms with van der Waals surface area (Å²) in [6, 6.07) is 42.2. The highest BCUT2D eigenvalue weighted by atomic mass is 19.4. The lowest BCUT2D eigenvalue weighted by molar-refractivity contribution is -0.138. The predicted molar refractivity (Wildman–Crippen MR) is 501 cm³/mol. The number of hydrogen-bond acceptors (Lipinski definition) is 16. The molecule has 11 aromatic rings. The molecule has 0 bridgehead atoms. The lowest BCUT2D eigenvalue weighted by Crippen LogP contribution is -2.45. The van der Waals surface area contributed by atoms with Gasteiger partial charge in [-0.3, -0.25) is 54.1 Å². The number of carbonyl (C=O) groups excluding carboxylic acids is 6. The maximum absolute atomic E-state index is 13.9. The number of aliphatic imine (C=N–C) groups is 1. The van der Waals surface area contributed by atoms with Crippen molar-refractivity contribution in [3.63, 3.8) is 0 Å². The van der Waals surface area contributed by atoms with Gasteiger partial charge in [-0.2, -0.15) is 39.5 Å². The van der Waals surface area contributed by atoms with Crippen molar-refractivity contribution in [3.05, 3.63) is 230 Å². The Bertz CT molecular complexity index is 6300. The van der Waals surface area contributed by atoms with Crippen molar-refractivity contribution in [1.29, 1.82) is 0 Å². The summed E-state index contributed by atoms with van der Waals surface area (Å²) in [5.74, 6) is 0.689. The number of rotatable bonds is 23. The van der Waals surface area contributed by atoms with Crippen molar-refractivity contribution in [2.75, 3.05) is 125 Å². The number of hydrogen-bond donors (Lipinski definition) is 6. The first-order valence-electron chi connectivity index (χ1n) is 45.7. The molecule has 0 radical (unpaired) electrons. The van der Waals surface area contributed by atoms with Gasteiger partial charge in [0.2, 0.25) is 29.6 Å². The molecule has 3 aromatic heterocycles. The minimum atomic E-state index is -4.55. The molecule has 8 aromatic carbocycles. The number of nitrogens with one attached hydrogen (secondary N) is 6. The van der Waals surface area contributed by atoms with E-state index in [2.05, 4.69) is 97.0 Å². The second-order valence-electron chi connectivity index (χ2n) is 35.9. The van der Waals surface area contributed by atoms with Crippen LogP contribution in [-0.4, -0.2) is 193 Å². The van der Waals surface area contributed by atoms with E-state index in [0.29, 0.717) is 99.8 Å². The molecule has 33 heteroatoms. The second-order valence-corrected chi connectivity index (χ2v) is 35.9. The number of benzene rings is 8. The van der Waals surface area contributed by atoms with Crippen LogP contribution >= 0.6 is 0 Å². The van der Waals surface area contributed by atoms with Gasteiger partial charge in [0.05, 0.1) is 44.5 Å². The minimum Gasteiger partial charge on any atom is -0.322 e. The molecule has 18 rings (SSSR count). The summed E-state index contributed by atoms with van der Waals surface area (Å²) in [5, 5.41) is 16.8. The Kier molecular flexibility index (Phi) is 28.2. The molecule has 24 nitrogen and oxygen atoms in total. The third kappa shape index (κ3) is 23.3. The molecule has 6 N–H and O–H groups in total. The van der Waals surface area contributed by atoms with Crippen LogP contribution in [0.5, 0.6) is 0 Å². The summed E-state index contributed by atoms with van der Waals surface area (Å²) in [5.41, 5.74) is 11.7. The maximum atomic E-state index is 13.9. The van der Waals surface area contributed by atoms with E-state index in [4.69, 9.17) is 4.98 Å². The molecule has 4 aliphatic heterocycles. The zero-order valence-corrected chi connectivity index (χ0v) is 76.1. The highest BCUT2D eigenvalue weighted by molar-refractivity contribution is 6.08. The van der Waals surface area contributed by atoms with Gasteiger partial charge in [-0.25, -0.2) is 19.9 Å². The molecule has 134 heavy (non-hydrogen) atoms. The zero-order chi connectivity index (χ0) is 94.8. The zero-order valence-electron chi connectivity index (χ0n) is 76.1. The summed E-state index contributed by atoms with van der Waals surface area (Å²) in [4.78, 5) is 109. The molecule has 7 heterocycles. The first-order valence-corrected chi connectivity index (χ1v) is 45.7. The first-order chi connectivity index (χ1) is 64.0. The SMILES string of the molecule is CCN1CCN(Cc2cc(NC(=O)c3ccc(C)c(-c4ccc5c(c4)nc(NC(=O)C4CC4)n5C)c3)cc(C(F)(F)F)c2)CC1.CCN1CCN(Cc2cc(NC(=O)c3ccc(C)c(-c4ccc5c(n4)N=C(NC(=O)C4CC4)C5)c3)cc(C(F)(F)F)c2)CC1.CCN1CCN(Cc2cc(NC(=O)c3ccc(C)c(-c4ccc5nc(NC(=O)C6CC6)n(C)c5c4)c3)cc(C(F)(F)F)c2)CC1. The van der Waals surface area contributed by atoms with Crippen LogP contribution in [0, 0.1) is 38.5 Å². The Morgan fingerprint density at radius 3 is 1.11 bits per heavy atom. The van der Waals surface area contributed by atoms with Gasteiger partial charge in [0.15, 0.2) is 5.82 Å². The quantitative estimate of drug-likeness (QED) is 0.0326. The highest BCUT2D eigenvalue weighted by Crippen LogP contribution is 2.41. The molecule has 702 valence electrons. The first kappa shape index (κ1) is 94.7. The molecule has 3 saturated carbocycles. The predicted octanol–water partition coefficient (Wildman–Crippen LogP) is 18.2. The standard InChI is InChI=1S/2C34H37F3N6O2.C33H35F3N6O2/c1-4-42-11-13-43(14-12-42)20-22-15-26(34(35,36)37)19-27(16-22)38-32(45)25-6-5-21(2)28(17-25)24-9-10-30-29(18-24)39-33(41(30)3)40-31(44)23-7-8-23;1-4-42-11-13-43(14-12-42)20-22-15-26(34(35,36)37)19-27(16-22)38-32(45)25-6-5-21(2)28(17-25)24-9-10-29-30(18-24)41(3)33(39-29)40-31(44)23-7-8-23;1-3-41-10-12-42(13-11-41)19-21-14-25(33(34,35)36)18-26(15-21)37-32(44)24-5-4-20(2)27(16-24)28-9-8-23-17-29(39-30(23)38-28)40-31(43)22-6-7-22/h2*5-6,9-10,15-19,23H,4,7-8,11-14,20H2,1-3H3,(H,38,45)(H,39,40,44);4-5,8-9,14-16,18,22H,3,6-7,10-13,17,19H2,1-2H3,(H,37,44)(H,38,39,40,43). The van der Waals surface area contributed by atoms with E-state index in [9.17, 15) is 68.3 Å². The van der Waals surface area contributed by atoms with Gasteiger partial charge in [-0.1, -0.05) is 57.2 Å². The van der Waals surface area contributed by atoms with Gasteiger partial charge < -0.3 is 45.1 Å². The lowest BCUT2D eigenvalue weighted by Gasteiger charge is -2.34. The highest BCUT2D eigenvalue weighted by Gasteiger charge is 2.38. The number of alkyl halides is 9. The van der Waals surface area contributed by atoms with Gasteiger partial charge in [0.25, 0.3) is 17.7 Å². The van der Waals surface area contributed by atoms with E-state index >= 15 is 0 Å². The number of imidazole rings is 2. The fraction of sp³-hybridized carbons (Fsp3) is 0.386. The number of fused-ring (bicyclic) bond motifs is 3. The molecule has 3 aliphatic carbocycles. The molecule has 6 fully saturated rings. The van der Waals surface area contributed by atoms with Crippen LogP contribution in [0.4, 0.5) is 74.3 Å². The molecule has 0 atom stereocenters. The number of amidine groups is 1. The van der Waals surface area contributed by atoms with E-state index in [1.165, 1.54) is 12.1 Å². The van der Waals surface area contributed by atoms with Crippen LogP contribution in [0.15, 0.2) is 163 Å². The lowest BCUT2D eigenvalue weighted by atomic mass is 9.97. The third-order valence-electron chi connectivity index (χ3n) is 26.0. The third-order valence-corrected chi connectivity index (χ3v) is 26.0. The molecule has 7 aliphatic rings. The van der Waals surface area contributed by atoms with Crippen LogP contribution in [-0.2, 0) is 73.1 Å². The van der Waals surface area contributed by atoms with Crippen LogP contribution in [0.3, 0.4) is 0 Å². The Labute approximate surface area is 771 Å². The van der Waals surface area contributed by atoms with E-state index < -0.39 is 52.9 Å². The van der Waals surface area contributed by atoms with E-state index in [0.717, 1.165) is 222 Å². The summed E-state index contributed by atoms with van der Waals surface area (Å²) in [6.45, 7) is 25.9. The number of pyridine rings is 1. The Morgan fingerprint density at radius 1 is 0.358 bits per heavy atom. The molecular formula is C101H109F9N18O6. The van der Waals surface area contributed by atoms with Gasteiger partial charge >= 0.3 is 18.5 Å². The number of nitrogens with zero attached hydrogens (tertiary/aromatic N) is 12. The number of carbonyl (C=O) groups is 6. The van der Waals surface area contributed by atoms with Gasteiger partial charge in [0, 0.05) is 181 Å². The van der Waals surface area contributed by atoms with E-state index in [1.54, 1.807) is 60.7 Å². The maximum Gasteiger partial charge on any atom is 0.416 e. The molecule has 0 spiro atoms. The smallest absolute Gasteiger partial charge is 0.322 e. The Morgan fingerprint density at radius 2 is 0.716 bits per heavy atom. The topological polar surface area (TPSA) is 255 Å². The summed E-state index contributed by atoms with van der Waals surface area (Å²) < 4.78 is 128. The minimum absolute atomic E-state index is 0.00552. The Hall–Kier alpha value is -12.5. The Balaban J connectivity index is 0.000000146. The summed E-state index contributed by atoms with van der Waals surface area (Å²) >= 11 is 0. The average molecular weight is 1840 g/mol. The molecule has 3 saturated heterocycles. The van der Waals surface area contributed by atoms with Crippen LogP contribution < -0.4 is 31.9 Å². The van der Waals surface area contributed by atoms with Crippen molar-refractivity contribution in [2.45, 2.75) is 125 Å². The van der Waals surface area contributed by atoms with Crippen LogP contribution in [0.25, 0.3) is 55.6 Å². The van der Waals surface area contributed by atoms with Crippen molar-refractivity contribution < 1.29 is 68.3 Å². The molecule has 0 unspecified atom stereocenters. The fourth-order valence-corrected chi connectivity index (χ4v) is 17.4. The average Bonchev–Trinajstić information content (AvgIpc) is 1.66. The number of piperazine rings is 3. The summed E-state index contributed by atoms with van der Waals surface area (Å²) in [7, 11) is 3.69. The number of likely N-dealkylation sites (N-methyl/N-ethyl adjacent to an activating group) is 3. The van der Waals surface area contributed by atoms with Crippen molar-refractivity contribution >= 4 is 98.1 Å². The molecule has 6 amide bonds. The fourth-order valence-electron chi connectivity index (χ4n) is 17.4. The summed E-state index contributed by atoms with van der Waals surface area (Å²) in [6.07, 6.45) is -7.73. The number of halogens is 9. The van der Waals surface area contributed by atoms with Crippen molar-refractivity contribution in [3.8, 4) is 33.5 Å².